The van der Waals surface area contributed by atoms with Gasteiger partial charge in [-0.15, -0.1) is 0 Å². The lowest BCUT2D eigenvalue weighted by Gasteiger charge is -2.09. The molecule has 0 saturated heterocycles. The number of carbonyl (C=O) groups excluding carboxylic acids is 1. The number of nitrogens with two attached hydrogens (primary N) is 1. The molecule has 7 heteroatoms. The zero-order valence-electron chi connectivity index (χ0n) is 10.8. The third-order valence-corrected chi connectivity index (χ3v) is 4.00. The van der Waals surface area contributed by atoms with E-state index < -0.39 is 15.7 Å². The van der Waals surface area contributed by atoms with Gasteiger partial charge in [0.15, 0.2) is 9.84 Å². The summed E-state index contributed by atoms with van der Waals surface area (Å²) in [6.45, 7) is 3.55. The van der Waals surface area contributed by atoms with Gasteiger partial charge in [0, 0.05) is 18.2 Å². The summed E-state index contributed by atoms with van der Waals surface area (Å²) in [5, 5.41) is 2.59. The van der Waals surface area contributed by atoms with Crippen molar-refractivity contribution in [3.63, 3.8) is 0 Å². The van der Waals surface area contributed by atoms with E-state index in [-0.39, 0.29) is 34.7 Å². The second kappa shape index (κ2) is 6.01. The van der Waals surface area contributed by atoms with Crippen LogP contribution in [0, 0.1) is 5.82 Å². The highest BCUT2D eigenvalue weighted by Gasteiger charge is 2.18. The van der Waals surface area contributed by atoms with Crippen LogP contribution in [0.1, 0.15) is 20.3 Å². The number of rotatable bonds is 5. The lowest BCUT2D eigenvalue weighted by Crippen LogP contribution is -2.31. The second-order valence-corrected chi connectivity index (χ2v) is 6.62. The van der Waals surface area contributed by atoms with E-state index in [0.29, 0.717) is 0 Å². The van der Waals surface area contributed by atoms with Crippen LogP contribution in [0.25, 0.3) is 0 Å². The summed E-state index contributed by atoms with van der Waals surface area (Å²) in [4.78, 5) is 11.2. The van der Waals surface area contributed by atoms with Crippen molar-refractivity contribution in [2.24, 2.45) is 0 Å². The van der Waals surface area contributed by atoms with Crippen LogP contribution in [0.2, 0.25) is 0 Å². The molecule has 0 aliphatic rings. The molecule has 0 aliphatic carbocycles. The normalized spacial score (nSPS) is 11.6. The molecule has 1 aromatic carbocycles. The number of benzene rings is 1. The zero-order valence-corrected chi connectivity index (χ0v) is 11.6. The first-order valence-electron chi connectivity index (χ1n) is 5.79. The first-order valence-corrected chi connectivity index (χ1v) is 7.44. The van der Waals surface area contributed by atoms with Crippen LogP contribution in [-0.2, 0) is 14.6 Å². The fraction of sp³-hybridized carbons (Fsp3) is 0.417. The molecule has 0 spiro atoms. The van der Waals surface area contributed by atoms with Gasteiger partial charge in [-0.1, -0.05) is 0 Å². The maximum absolute atomic E-state index is 13.1. The van der Waals surface area contributed by atoms with Crippen LogP contribution < -0.4 is 11.1 Å². The molecule has 19 heavy (non-hydrogen) atoms. The molecule has 0 bridgehead atoms. The topological polar surface area (TPSA) is 89.3 Å². The van der Waals surface area contributed by atoms with Crippen molar-refractivity contribution in [3.05, 3.63) is 24.0 Å². The average Bonchev–Trinajstić information content (AvgIpc) is 2.24. The summed E-state index contributed by atoms with van der Waals surface area (Å²) < 4.78 is 37.0. The third kappa shape index (κ3) is 4.86. The summed E-state index contributed by atoms with van der Waals surface area (Å²) in [6, 6.07) is 3.05. The van der Waals surface area contributed by atoms with Crippen LogP contribution in [0.3, 0.4) is 0 Å². The SMILES string of the molecule is CC(C)NC(=O)CCS(=O)(=O)c1cc(N)cc(F)c1. The minimum atomic E-state index is -3.72. The Morgan fingerprint density at radius 3 is 2.53 bits per heavy atom. The van der Waals surface area contributed by atoms with Gasteiger partial charge in [-0.2, -0.15) is 0 Å². The third-order valence-electron chi connectivity index (χ3n) is 2.30. The van der Waals surface area contributed by atoms with Gasteiger partial charge in [-0.25, -0.2) is 12.8 Å². The Hall–Kier alpha value is -1.63. The van der Waals surface area contributed by atoms with Crippen LogP contribution in [-0.4, -0.2) is 26.1 Å². The molecule has 0 atom stereocenters. The highest BCUT2D eigenvalue weighted by molar-refractivity contribution is 7.91. The number of hydrogen-bond acceptors (Lipinski definition) is 4. The Labute approximate surface area is 111 Å². The Balaban J connectivity index is 2.79. The number of halogens is 1. The standard InChI is InChI=1S/C12H17FN2O3S/c1-8(2)15-12(16)3-4-19(17,18)11-6-9(13)5-10(14)7-11/h5-8H,3-4,14H2,1-2H3,(H,15,16). The number of nitrogen functional groups attached to an aromatic ring is 1. The van der Waals surface area contributed by atoms with Crippen molar-refractivity contribution < 1.29 is 17.6 Å². The van der Waals surface area contributed by atoms with Gasteiger partial charge < -0.3 is 11.1 Å². The number of anilines is 1. The molecule has 0 aromatic heterocycles. The number of nitrogens with one attached hydrogen (secondary N) is 1. The molecular formula is C12H17FN2O3S. The Morgan fingerprint density at radius 2 is 2.00 bits per heavy atom. The summed E-state index contributed by atoms with van der Waals surface area (Å²) >= 11 is 0. The molecule has 5 nitrogen and oxygen atoms in total. The van der Waals surface area contributed by atoms with Crippen molar-refractivity contribution in [2.45, 2.75) is 31.2 Å². The molecule has 0 aliphatic heterocycles. The van der Waals surface area contributed by atoms with E-state index in [4.69, 9.17) is 5.73 Å². The van der Waals surface area contributed by atoms with Gasteiger partial charge in [0.1, 0.15) is 5.82 Å². The summed E-state index contributed by atoms with van der Waals surface area (Å²) in [5.74, 6) is -1.46. The van der Waals surface area contributed by atoms with E-state index in [2.05, 4.69) is 5.32 Å². The van der Waals surface area contributed by atoms with Gasteiger partial charge in [0.05, 0.1) is 10.6 Å². The predicted molar refractivity (Wildman–Crippen MR) is 70.8 cm³/mol. The molecule has 1 rings (SSSR count). The van der Waals surface area contributed by atoms with Gasteiger partial charge in [0.2, 0.25) is 5.91 Å². The number of hydrogen-bond donors (Lipinski definition) is 2. The van der Waals surface area contributed by atoms with Crippen LogP contribution in [0.15, 0.2) is 23.1 Å². The number of sulfone groups is 1. The highest BCUT2D eigenvalue weighted by Crippen LogP contribution is 2.17. The monoisotopic (exact) mass is 288 g/mol. The molecule has 0 saturated carbocycles. The predicted octanol–water partition coefficient (Wildman–Crippen LogP) is 1.10. The van der Waals surface area contributed by atoms with E-state index >= 15 is 0 Å². The van der Waals surface area contributed by atoms with Crippen molar-refractivity contribution >= 4 is 21.4 Å². The van der Waals surface area contributed by atoms with Gasteiger partial charge in [-0.05, 0) is 32.0 Å². The molecule has 3 N–H and O–H groups in total. The largest absolute Gasteiger partial charge is 0.399 e. The molecule has 0 fully saturated rings. The molecule has 1 aromatic rings. The van der Waals surface area contributed by atoms with Crippen molar-refractivity contribution in [3.8, 4) is 0 Å². The zero-order chi connectivity index (χ0) is 14.6. The van der Waals surface area contributed by atoms with Crippen LogP contribution in [0.5, 0.6) is 0 Å². The Bertz CT molecular complexity index is 550. The lowest BCUT2D eigenvalue weighted by atomic mass is 10.3. The number of amides is 1. The fourth-order valence-corrected chi connectivity index (χ4v) is 2.80. The van der Waals surface area contributed by atoms with E-state index in [1.807, 2.05) is 0 Å². The molecule has 1 amide bonds. The molecule has 106 valence electrons. The van der Waals surface area contributed by atoms with E-state index in [0.717, 1.165) is 12.1 Å². The average molecular weight is 288 g/mol. The van der Waals surface area contributed by atoms with Crippen molar-refractivity contribution in [1.82, 2.24) is 5.32 Å². The minimum absolute atomic E-state index is 0.0326. The number of carbonyl (C=O) groups is 1. The molecule has 0 unspecified atom stereocenters. The highest BCUT2D eigenvalue weighted by atomic mass is 32.2. The van der Waals surface area contributed by atoms with E-state index in [9.17, 15) is 17.6 Å². The second-order valence-electron chi connectivity index (χ2n) is 4.51. The van der Waals surface area contributed by atoms with E-state index in [1.165, 1.54) is 6.07 Å². The maximum atomic E-state index is 13.1. The van der Waals surface area contributed by atoms with Crippen LogP contribution >= 0.6 is 0 Å². The fourth-order valence-electron chi connectivity index (χ4n) is 1.50. The summed E-state index contributed by atoms with van der Waals surface area (Å²) in [6.07, 6.45) is -0.170. The first kappa shape index (κ1) is 15.4. The van der Waals surface area contributed by atoms with Gasteiger partial charge in [-0.3, -0.25) is 4.79 Å². The molecule has 0 radical (unpaired) electrons. The quantitative estimate of drug-likeness (QED) is 0.794. The lowest BCUT2D eigenvalue weighted by molar-refractivity contribution is -0.121. The van der Waals surface area contributed by atoms with Gasteiger partial charge in [0.25, 0.3) is 0 Å². The summed E-state index contributed by atoms with van der Waals surface area (Å²) in [5.41, 5.74) is 5.43. The molecular weight excluding hydrogens is 271 g/mol. The van der Waals surface area contributed by atoms with Gasteiger partial charge >= 0.3 is 0 Å². The minimum Gasteiger partial charge on any atom is -0.399 e. The van der Waals surface area contributed by atoms with Crippen LogP contribution in [0.4, 0.5) is 10.1 Å². The summed E-state index contributed by atoms with van der Waals surface area (Å²) in [7, 11) is -3.72. The van der Waals surface area contributed by atoms with Crippen molar-refractivity contribution in [2.75, 3.05) is 11.5 Å². The smallest absolute Gasteiger partial charge is 0.221 e. The van der Waals surface area contributed by atoms with Crippen molar-refractivity contribution in [1.29, 1.82) is 0 Å². The maximum Gasteiger partial charge on any atom is 0.221 e. The first-order chi connectivity index (χ1) is 8.70. The molecule has 0 heterocycles. The van der Waals surface area contributed by atoms with E-state index in [1.54, 1.807) is 13.8 Å². The Morgan fingerprint density at radius 1 is 1.37 bits per heavy atom. The Kier molecular flexibility index (Phi) is 4.88.